The van der Waals surface area contributed by atoms with E-state index in [1.54, 1.807) is 35.7 Å². The second-order valence-electron chi connectivity index (χ2n) is 3.01. The summed E-state index contributed by atoms with van der Waals surface area (Å²) in [5.74, 6) is -0.140. The van der Waals surface area contributed by atoms with E-state index in [2.05, 4.69) is 9.59 Å². The number of hydrogen-bond donors (Lipinski definition) is 0. The lowest BCUT2D eigenvalue weighted by Crippen LogP contribution is -1.94. The number of hydrogen-bond acceptors (Lipinski definition) is 4. The Hall–Kier alpha value is -1.52. The molecule has 2 rings (SSSR count). The Morgan fingerprint density at radius 2 is 2.19 bits per heavy atom. The summed E-state index contributed by atoms with van der Waals surface area (Å²) in [6.45, 7) is 0. The number of aromatic nitrogens is 2. The number of allylic oxidation sites excluding steroid dienone is 1. The Morgan fingerprint density at radius 1 is 1.38 bits per heavy atom. The number of carbonyl (C=O) groups is 1. The molecular formula is C11H7ClN2OS. The van der Waals surface area contributed by atoms with Crippen molar-refractivity contribution < 1.29 is 4.79 Å². The van der Waals surface area contributed by atoms with Crippen LogP contribution in [0.25, 0.3) is 6.08 Å². The van der Waals surface area contributed by atoms with Crippen LogP contribution in [-0.2, 0) is 0 Å². The van der Waals surface area contributed by atoms with Crippen molar-refractivity contribution in [1.29, 1.82) is 0 Å². The minimum Gasteiger partial charge on any atom is -0.289 e. The van der Waals surface area contributed by atoms with E-state index in [1.807, 2.05) is 0 Å². The standard InChI is InChI=1S/C11H7ClN2OS/c12-10-4-2-1-3-9(10)11(15)6-5-8-7-16-14-13-8/h1-7H. The zero-order valence-electron chi connectivity index (χ0n) is 8.13. The van der Waals surface area contributed by atoms with Crippen LogP contribution in [0.1, 0.15) is 16.1 Å². The van der Waals surface area contributed by atoms with E-state index >= 15 is 0 Å². The molecule has 0 bridgehead atoms. The summed E-state index contributed by atoms with van der Waals surface area (Å²) >= 11 is 7.14. The molecule has 0 saturated heterocycles. The summed E-state index contributed by atoms with van der Waals surface area (Å²) in [6.07, 6.45) is 3.06. The predicted octanol–water partition coefficient (Wildman–Crippen LogP) is 3.09. The molecule has 3 nitrogen and oxygen atoms in total. The van der Waals surface area contributed by atoms with Crippen LogP contribution in [0.5, 0.6) is 0 Å². The smallest absolute Gasteiger partial charge is 0.187 e. The zero-order chi connectivity index (χ0) is 11.4. The molecule has 0 amide bonds. The SMILES string of the molecule is O=C(C=Cc1csnn1)c1ccccc1Cl. The highest BCUT2D eigenvalue weighted by molar-refractivity contribution is 7.03. The topological polar surface area (TPSA) is 42.9 Å². The Morgan fingerprint density at radius 3 is 2.88 bits per heavy atom. The molecular weight excluding hydrogens is 244 g/mol. The number of rotatable bonds is 3. The molecule has 0 aliphatic rings. The Kier molecular flexibility index (Phi) is 3.44. The maximum atomic E-state index is 11.7. The molecule has 0 aliphatic carbocycles. The van der Waals surface area contributed by atoms with Crippen molar-refractivity contribution in [2.45, 2.75) is 0 Å². The lowest BCUT2D eigenvalue weighted by molar-refractivity contribution is 0.104. The Balaban J connectivity index is 2.18. The Bertz CT molecular complexity index is 523. The quantitative estimate of drug-likeness (QED) is 0.621. The molecule has 0 aliphatic heterocycles. The van der Waals surface area contributed by atoms with Crippen molar-refractivity contribution in [3.05, 3.63) is 52.0 Å². The largest absolute Gasteiger partial charge is 0.289 e. The molecule has 0 saturated carbocycles. The molecule has 1 aromatic heterocycles. The van der Waals surface area contributed by atoms with Gasteiger partial charge in [-0.05, 0) is 35.8 Å². The van der Waals surface area contributed by atoms with Crippen LogP contribution < -0.4 is 0 Å². The van der Waals surface area contributed by atoms with Crippen LogP contribution in [0, 0.1) is 0 Å². The highest BCUT2D eigenvalue weighted by atomic mass is 35.5. The van der Waals surface area contributed by atoms with E-state index in [0.29, 0.717) is 16.3 Å². The molecule has 0 fully saturated rings. The van der Waals surface area contributed by atoms with E-state index < -0.39 is 0 Å². The van der Waals surface area contributed by atoms with Gasteiger partial charge in [-0.2, -0.15) is 0 Å². The normalized spacial score (nSPS) is 10.8. The molecule has 1 aromatic carbocycles. The van der Waals surface area contributed by atoms with Crippen LogP contribution >= 0.6 is 23.1 Å². The third-order valence-electron chi connectivity index (χ3n) is 1.92. The average molecular weight is 251 g/mol. The molecule has 0 atom stereocenters. The highest BCUT2D eigenvalue weighted by Gasteiger charge is 2.05. The summed E-state index contributed by atoms with van der Waals surface area (Å²) in [5, 5.41) is 6.01. The third kappa shape index (κ3) is 2.53. The second-order valence-corrected chi connectivity index (χ2v) is 4.02. The average Bonchev–Trinajstić information content (AvgIpc) is 2.79. The molecule has 0 radical (unpaired) electrons. The zero-order valence-corrected chi connectivity index (χ0v) is 9.70. The van der Waals surface area contributed by atoms with E-state index in [-0.39, 0.29) is 5.78 Å². The van der Waals surface area contributed by atoms with Gasteiger partial charge in [0.25, 0.3) is 0 Å². The first-order valence-electron chi connectivity index (χ1n) is 4.51. The molecule has 2 aromatic rings. The number of halogens is 1. The highest BCUT2D eigenvalue weighted by Crippen LogP contribution is 2.16. The maximum absolute atomic E-state index is 11.7. The van der Waals surface area contributed by atoms with Gasteiger partial charge in [-0.1, -0.05) is 28.2 Å². The lowest BCUT2D eigenvalue weighted by atomic mass is 10.1. The van der Waals surface area contributed by atoms with Gasteiger partial charge in [0.05, 0.1) is 10.7 Å². The second kappa shape index (κ2) is 5.01. The lowest BCUT2D eigenvalue weighted by Gasteiger charge is -1.97. The van der Waals surface area contributed by atoms with Crippen LogP contribution in [0.15, 0.2) is 35.7 Å². The van der Waals surface area contributed by atoms with Crippen molar-refractivity contribution in [3.8, 4) is 0 Å². The van der Waals surface area contributed by atoms with Crippen molar-refractivity contribution in [2.24, 2.45) is 0 Å². The predicted molar refractivity (Wildman–Crippen MR) is 64.7 cm³/mol. The van der Waals surface area contributed by atoms with Crippen LogP contribution in [-0.4, -0.2) is 15.4 Å². The summed E-state index contributed by atoms with van der Waals surface area (Å²) in [6, 6.07) is 6.94. The van der Waals surface area contributed by atoms with Crippen LogP contribution in [0.2, 0.25) is 5.02 Å². The first-order chi connectivity index (χ1) is 7.77. The van der Waals surface area contributed by atoms with E-state index in [4.69, 9.17) is 11.6 Å². The maximum Gasteiger partial charge on any atom is 0.187 e. The van der Waals surface area contributed by atoms with Crippen LogP contribution in [0.4, 0.5) is 0 Å². The minimum absolute atomic E-state index is 0.140. The minimum atomic E-state index is -0.140. The van der Waals surface area contributed by atoms with Gasteiger partial charge in [0, 0.05) is 10.9 Å². The van der Waals surface area contributed by atoms with Gasteiger partial charge < -0.3 is 0 Å². The van der Waals surface area contributed by atoms with Crippen molar-refractivity contribution in [3.63, 3.8) is 0 Å². The number of benzene rings is 1. The first-order valence-corrected chi connectivity index (χ1v) is 5.73. The van der Waals surface area contributed by atoms with Gasteiger partial charge in [-0.25, -0.2) is 0 Å². The summed E-state index contributed by atoms with van der Waals surface area (Å²) in [4.78, 5) is 11.7. The van der Waals surface area contributed by atoms with Crippen LogP contribution in [0.3, 0.4) is 0 Å². The Labute approximate surface area is 102 Å². The molecule has 5 heteroatoms. The number of carbonyl (C=O) groups excluding carboxylic acids is 1. The first kappa shape index (κ1) is 11.0. The fourth-order valence-corrected chi connectivity index (χ4v) is 1.81. The van der Waals surface area contributed by atoms with E-state index in [0.717, 1.165) is 0 Å². The van der Waals surface area contributed by atoms with Gasteiger partial charge in [-0.3, -0.25) is 4.79 Å². The molecule has 0 spiro atoms. The molecule has 16 heavy (non-hydrogen) atoms. The van der Waals surface area contributed by atoms with Gasteiger partial charge in [-0.15, -0.1) is 5.10 Å². The van der Waals surface area contributed by atoms with Crippen molar-refractivity contribution in [1.82, 2.24) is 9.59 Å². The molecule has 0 N–H and O–H groups in total. The van der Waals surface area contributed by atoms with E-state index in [1.165, 1.54) is 17.6 Å². The van der Waals surface area contributed by atoms with Gasteiger partial charge in [0.15, 0.2) is 5.78 Å². The van der Waals surface area contributed by atoms with Crippen molar-refractivity contribution >= 4 is 35.0 Å². The van der Waals surface area contributed by atoms with Gasteiger partial charge in [0.2, 0.25) is 0 Å². The summed E-state index contributed by atoms with van der Waals surface area (Å²) < 4.78 is 3.69. The third-order valence-corrected chi connectivity index (χ3v) is 2.77. The van der Waals surface area contributed by atoms with Gasteiger partial charge >= 0.3 is 0 Å². The number of ketones is 1. The van der Waals surface area contributed by atoms with Crippen molar-refractivity contribution in [2.75, 3.05) is 0 Å². The fraction of sp³-hybridized carbons (Fsp3) is 0. The fourth-order valence-electron chi connectivity index (χ4n) is 1.16. The van der Waals surface area contributed by atoms with E-state index in [9.17, 15) is 4.79 Å². The molecule has 1 heterocycles. The molecule has 80 valence electrons. The summed E-state index contributed by atoms with van der Waals surface area (Å²) in [7, 11) is 0. The monoisotopic (exact) mass is 250 g/mol. The number of nitrogens with zero attached hydrogens (tertiary/aromatic N) is 2. The summed E-state index contributed by atoms with van der Waals surface area (Å²) in [5.41, 5.74) is 1.16. The van der Waals surface area contributed by atoms with Gasteiger partial charge in [0.1, 0.15) is 0 Å². The molecule has 0 unspecified atom stereocenters.